The first-order chi connectivity index (χ1) is 14.9. The van der Waals surface area contributed by atoms with Gasteiger partial charge in [0.1, 0.15) is 0 Å². The van der Waals surface area contributed by atoms with Crippen LogP contribution in [0.2, 0.25) is 0 Å². The van der Waals surface area contributed by atoms with Crippen LogP contribution in [0.4, 0.5) is 5.82 Å². The number of carbonyl (C=O) groups is 1. The zero-order valence-electron chi connectivity index (χ0n) is 17.8. The Kier molecular flexibility index (Phi) is 6.04. The normalized spacial score (nSPS) is 11.0. The van der Waals surface area contributed by atoms with Crippen LogP contribution in [0.15, 0.2) is 65.3 Å². The molecule has 0 saturated heterocycles. The fourth-order valence-corrected chi connectivity index (χ4v) is 3.76. The van der Waals surface area contributed by atoms with E-state index in [1.54, 1.807) is 6.07 Å². The van der Waals surface area contributed by atoms with Gasteiger partial charge in [0, 0.05) is 17.8 Å². The molecule has 0 saturated carbocycles. The summed E-state index contributed by atoms with van der Waals surface area (Å²) in [6.07, 6.45) is 1.87. The maximum atomic E-state index is 12.8. The monoisotopic (exact) mass is 477 g/mol. The van der Waals surface area contributed by atoms with Crippen molar-refractivity contribution < 1.29 is 4.79 Å². The summed E-state index contributed by atoms with van der Waals surface area (Å²) in [5.41, 5.74) is 6.03. The Balaban J connectivity index is 1.44. The van der Waals surface area contributed by atoms with E-state index in [1.165, 1.54) is 11.1 Å². The second-order valence-electron chi connectivity index (χ2n) is 7.62. The van der Waals surface area contributed by atoms with Gasteiger partial charge in [-0.1, -0.05) is 36.4 Å². The van der Waals surface area contributed by atoms with Gasteiger partial charge in [-0.2, -0.15) is 10.2 Å². The lowest BCUT2D eigenvalue weighted by atomic mass is 10.1. The van der Waals surface area contributed by atoms with Gasteiger partial charge in [0.05, 0.1) is 29.0 Å². The van der Waals surface area contributed by atoms with Gasteiger partial charge in [-0.15, -0.1) is 0 Å². The highest BCUT2D eigenvalue weighted by Gasteiger charge is 2.12. The SMILES string of the molecule is Cc1ccccc1Cn1ccc(NC(=O)c2cccc(Cn3nc(C)c(Br)c3C)c2)n1. The Morgan fingerprint density at radius 2 is 1.81 bits per heavy atom. The van der Waals surface area contributed by atoms with Crippen molar-refractivity contribution in [3.05, 3.63) is 98.9 Å². The van der Waals surface area contributed by atoms with E-state index in [2.05, 4.69) is 50.5 Å². The van der Waals surface area contributed by atoms with Crippen molar-refractivity contribution in [2.75, 3.05) is 5.32 Å². The lowest BCUT2D eigenvalue weighted by molar-refractivity contribution is 0.102. The minimum absolute atomic E-state index is 0.183. The second-order valence-corrected chi connectivity index (χ2v) is 8.41. The summed E-state index contributed by atoms with van der Waals surface area (Å²) in [7, 11) is 0. The molecule has 0 aliphatic heterocycles. The predicted molar refractivity (Wildman–Crippen MR) is 125 cm³/mol. The molecule has 0 fully saturated rings. The first-order valence-electron chi connectivity index (χ1n) is 10.1. The molecule has 0 unspecified atom stereocenters. The van der Waals surface area contributed by atoms with E-state index in [4.69, 9.17) is 0 Å². The Labute approximate surface area is 190 Å². The van der Waals surface area contributed by atoms with Crippen LogP contribution in [0.25, 0.3) is 0 Å². The number of aromatic nitrogens is 4. The largest absolute Gasteiger partial charge is 0.305 e. The number of nitrogens with zero attached hydrogens (tertiary/aromatic N) is 4. The predicted octanol–water partition coefficient (Wildman–Crippen LogP) is 5.12. The Bertz CT molecular complexity index is 1240. The topological polar surface area (TPSA) is 64.7 Å². The van der Waals surface area contributed by atoms with Gasteiger partial charge in [0.25, 0.3) is 5.91 Å². The van der Waals surface area contributed by atoms with E-state index in [0.717, 1.165) is 21.4 Å². The fourth-order valence-electron chi connectivity index (χ4n) is 3.48. The third-order valence-corrected chi connectivity index (χ3v) is 6.44. The number of aryl methyl sites for hydroxylation is 2. The summed E-state index contributed by atoms with van der Waals surface area (Å²) >= 11 is 3.56. The molecule has 6 nitrogen and oxygen atoms in total. The summed E-state index contributed by atoms with van der Waals surface area (Å²) in [6.45, 7) is 7.34. The van der Waals surface area contributed by atoms with Gasteiger partial charge in [0.15, 0.2) is 5.82 Å². The van der Waals surface area contributed by atoms with Gasteiger partial charge in [-0.3, -0.25) is 14.2 Å². The number of halogens is 1. The lowest BCUT2D eigenvalue weighted by Gasteiger charge is -2.08. The van der Waals surface area contributed by atoms with E-state index in [-0.39, 0.29) is 5.91 Å². The minimum atomic E-state index is -0.183. The summed E-state index contributed by atoms with van der Waals surface area (Å²) in [4.78, 5) is 12.8. The van der Waals surface area contributed by atoms with Crippen molar-refractivity contribution in [2.24, 2.45) is 0 Å². The average molecular weight is 478 g/mol. The molecule has 4 rings (SSSR count). The van der Waals surface area contributed by atoms with Crippen molar-refractivity contribution in [1.82, 2.24) is 19.6 Å². The highest BCUT2D eigenvalue weighted by molar-refractivity contribution is 9.10. The van der Waals surface area contributed by atoms with E-state index in [9.17, 15) is 4.79 Å². The maximum absolute atomic E-state index is 12.8. The highest BCUT2D eigenvalue weighted by atomic mass is 79.9. The number of benzene rings is 2. The van der Waals surface area contributed by atoms with Crippen LogP contribution in [0.1, 0.15) is 38.4 Å². The van der Waals surface area contributed by atoms with Crippen LogP contribution < -0.4 is 5.32 Å². The van der Waals surface area contributed by atoms with Crippen molar-refractivity contribution in [1.29, 1.82) is 0 Å². The van der Waals surface area contributed by atoms with Crippen LogP contribution in [0.5, 0.6) is 0 Å². The molecular formula is C24H24BrN5O. The Morgan fingerprint density at radius 1 is 1.00 bits per heavy atom. The molecule has 0 aliphatic carbocycles. The number of carbonyl (C=O) groups excluding carboxylic acids is 1. The second kappa shape index (κ2) is 8.89. The summed E-state index contributed by atoms with van der Waals surface area (Å²) < 4.78 is 4.78. The molecule has 0 spiro atoms. The van der Waals surface area contributed by atoms with E-state index in [1.807, 2.05) is 65.8 Å². The molecule has 0 bridgehead atoms. The molecular weight excluding hydrogens is 454 g/mol. The smallest absolute Gasteiger partial charge is 0.256 e. The van der Waals surface area contributed by atoms with Crippen LogP contribution in [0, 0.1) is 20.8 Å². The molecule has 4 aromatic rings. The number of anilines is 1. The molecule has 0 radical (unpaired) electrons. The first-order valence-corrected chi connectivity index (χ1v) is 10.9. The van der Waals surface area contributed by atoms with E-state index in [0.29, 0.717) is 24.5 Å². The molecule has 1 N–H and O–H groups in total. The van der Waals surface area contributed by atoms with Crippen molar-refractivity contribution in [3.63, 3.8) is 0 Å². The van der Waals surface area contributed by atoms with Crippen molar-refractivity contribution in [3.8, 4) is 0 Å². The molecule has 7 heteroatoms. The van der Waals surface area contributed by atoms with Gasteiger partial charge in [-0.05, 0) is 65.5 Å². The summed E-state index contributed by atoms with van der Waals surface area (Å²) in [5.74, 6) is 0.351. The van der Waals surface area contributed by atoms with Gasteiger partial charge < -0.3 is 5.32 Å². The minimum Gasteiger partial charge on any atom is -0.305 e. The molecule has 1 amide bonds. The zero-order valence-corrected chi connectivity index (χ0v) is 19.3. The first kappa shape index (κ1) is 21.1. The third-order valence-electron chi connectivity index (χ3n) is 5.29. The molecule has 2 heterocycles. The molecule has 158 valence electrons. The van der Waals surface area contributed by atoms with Crippen LogP contribution in [-0.4, -0.2) is 25.5 Å². The Hall–Kier alpha value is -3.19. The highest BCUT2D eigenvalue weighted by Crippen LogP contribution is 2.21. The number of nitrogens with one attached hydrogen (secondary N) is 1. The number of hydrogen-bond acceptors (Lipinski definition) is 3. The lowest BCUT2D eigenvalue weighted by Crippen LogP contribution is -2.14. The Morgan fingerprint density at radius 3 is 2.55 bits per heavy atom. The molecule has 2 aromatic carbocycles. The quantitative estimate of drug-likeness (QED) is 0.419. The number of rotatable bonds is 6. The maximum Gasteiger partial charge on any atom is 0.256 e. The van der Waals surface area contributed by atoms with Gasteiger partial charge in [-0.25, -0.2) is 0 Å². The summed E-state index contributed by atoms with van der Waals surface area (Å²) in [6, 6.07) is 17.6. The third kappa shape index (κ3) is 4.77. The van der Waals surface area contributed by atoms with Crippen LogP contribution in [-0.2, 0) is 13.1 Å². The average Bonchev–Trinajstić information content (AvgIpc) is 3.29. The summed E-state index contributed by atoms with van der Waals surface area (Å²) in [5, 5.41) is 11.9. The number of hydrogen-bond donors (Lipinski definition) is 1. The molecule has 2 aromatic heterocycles. The van der Waals surface area contributed by atoms with Crippen molar-refractivity contribution in [2.45, 2.75) is 33.9 Å². The standard InChI is InChI=1S/C24H24BrN5O/c1-16-7-4-5-9-21(16)15-29-12-11-22(28-29)26-24(31)20-10-6-8-19(13-20)14-30-18(3)23(25)17(2)27-30/h4-13H,14-15H2,1-3H3,(H,26,28,31). The number of amides is 1. The van der Waals surface area contributed by atoms with Crippen LogP contribution >= 0.6 is 15.9 Å². The van der Waals surface area contributed by atoms with E-state index < -0.39 is 0 Å². The molecule has 0 atom stereocenters. The molecule has 31 heavy (non-hydrogen) atoms. The van der Waals surface area contributed by atoms with Gasteiger partial charge in [0.2, 0.25) is 0 Å². The van der Waals surface area contributed by atoms with Gasteiger partial charge >= 0.3 is 0 Å². The zero-order chi connectivity index (χ0) is 22.0. The van der Waals surface area contributed by atoms with Crippen LogP contribution in [0.3, 0.4) is 0 Å². The fraction of sp³-hybridized carbons (Fsp3) is 0.208. The van der Waals surface area contributed by atoms with Crippen molar-refractivity contribution >= 4 is 27.7 Å². The molecule has 0 aliphatic rings. The van der Waals surface area contributed by atoms with E-state index >= 15 is 0 Å².